The zero-order valence-electron chi connectivity index (χ0n) is 13.6. The molecular weight excluding hydrogens is 276 g/mol. The average Bonchev–Trinajstić information content (AvgIpc) is 3.00. The fourth-order valence-corrected chi connectivity index (χ4v) is 3.38. The van der Waals surface area contributed by atoms with Gasteiger partial charge in [0.1, 0.15) is 5.58 Å². The maximum atomic E-state index is 12.8. The van der Waals surface area contributed by atoms with Crippen molar-refractivity contribution < 1.29 is 9.21 Å². The zero-order valence-corrected chi connectivity index (χ0v) is 13.6. The molecule has 22 heavy (non-hydrogen) atoms. The molecule has 0 spiro atoms. The van der Waals surface area contributed by atoms with Crippen molar-refractivity contribution in [2.75, 3.05) is 19.6 Å². The first kappa shape index (κ1) is 15.1. The van der Waals surface area contributed by atoms with Crippen LogP contribution in [0, 0.1) is 0 Å². The number of carbonyl (C=O) groups is 1. The molecule has 0 N–H and O–H groups in total. The maximum absolute atomic E-state index is 12.8. The molecule has 1 aliphatic rings. The molecule has 2 aromatic rings. The van der Waals surface area contributed by atoms with E-state index in [9.17, 15) is 4.79 Å². The van der Waals surface area contributed by atoms with Gasteiger partial charge in [-0.3, -0.25) is 9.69 Å². The Morgan fingerprint density at radius 3 is 2.86 bits per heavy atom. The van der Waals surface area contributed by atoms with Gasteiger partial charge in [0.25, 0.3) is 5.91 Å². The second kappa shape index (κ2) is 6.13. The second-order valence-corrected chi connectivity index (χ2v) is 6.32. The Hall–Kier alpha value is -1.81. The molecule has 1 aromatic heterocycles. The summed E-state index contributed by atoms with van der Waals surface area (Å²) >= 11 is 0. The van der Waals surface area contributed by atoms with Crippen molar-refractivity contribution in [2.45, 2.75) is 39.3 Å². The number of benzene rings is 1. The summed E-state index contributed by atoms with van der Waals surface area (Å²) < 4.78 is 5.34. The quantitative estimate of drug-likeness (QED) is 0.872. The molecule has 1 saturated heterocycles. The van der Waals surface area contributed by atoms with Gasteiger partial charge in [0.05, 0.1) is 6.26 Å². The lowest BCUT2D eigenvalue weighted by Crippen LogP contribution is -2.56. The smallest absolute Gasteiger partial charge is 0.253 e. The van der Waals surface area contributed by atoms with Crippen LogP contribution in [0.4, 0.5) is 0 Å². The molecule has 0 bridgehead atoms. The lowest BCUT2D eigenvalue weighted by Gasteiger charge is -2.43. The van der Waals surface area contributed by atoms with E-state index >= 15 is 0 Å². The van der Waals surface area contributed by atoms with Crippen LogP contribution in [0.5, 0.6) is 0 Å². The van der Waals surface area contributed by atoms with E-state index in [0.29, 0.717) is 12.1 Å². The van der Waals surface area contributed by atoms with Crippen molar-refractivity contribution in [3.63, 3.8) is 0 Å². The highest BCUT2D eigenvalue weighted by atomic mass is 16.3. The Balaban J connectivity index is 1.77. The van der Waals surface area contributed by atoms with Crippen LogP contribution in [0.3, 0.4) is 0 Å². The number of furan rings is 1. The van der Waals surface area contributed by atoms with Gasteiger partial charge in [0.2, 0.25) is 0 Å². The topological polar surface area (TPSA) is 36.7 Å². The molecule has 4 heteroatoms. The minimum absolute atomic E-state index is 0.130. The third-order valence-corrected chi connectivity index (χ3v) is 4.65. The highest BCUT2D eigenvalue weighted by molar-refractivity contribution is 5.97. The van der Waals surface area contributed by atoms with Crippen molar-refractivity contribution >= 4 is 16.9 Å². The largest absolute Gasteiger partial charge is 0.464 e. The number of hydrogen-bond acceptors (Lipinski definition) is 3. The first-order valence-corrected chi connectivity index (χ1v) is 8.12. The fraction of sp³-hybridized carbons (Fsp3) is 0.500. The number of piperazine rings is 1. The Kier molecular flexibility index (Phi) is 4.21. The molecule has 0 saturated carbocycles. The van der Waals surface area contributed by atoms with Crippen LogP contribution in [0.1, 0.15) is 37.6 Å². The lowest BCUT2D eigenvalue weighted by molar-refractivity contribution is 0.0372. The van der Waals surface area contributed by atoms with Crippen LogP contribution in [-0.4, -0.2) is 47.4 Å². The maximum Gasteiger partial charge on any atom is 0.253 e. The van der Waals surface area contributed by atoms with Crippen LogP contribution < -0.4 is 0 Å². The van der Waals surface area contributed by atoms with E-state index in [2.05, 4.69) is 25.7 Å². The summed E-state index contributed by atoms with van der Waals surface area (Å²) in [5.74, 6) is 0.130. The highest BCUT2D eigenvalue weighted by Crippen LogP contribution is 2.21. The second-order valence-electron chi connectivity index (χ2n) is 6.32. The number of carbonyl (C=O) groups excluding carboxylic acids is 1. The Labute approximate surface area is 131 Å². The molecule has 0 radical (unpaired) electrons. The normalized spacial score (nSPS) is 20.0. The summed E-state index contributed by atoms with van der Waals surface area (Å²) in [6.45, 7) is 9.23. The van der Waals surface area contributed by atoms with E-state index in [0.717, 1.165) is 42.6 Å². The number of nitrogens with zero attached hydrogens (tertiary/aromatic N) is 2. The number of amides is 1. The third-order valence-electron chi connectivity index (χ3n) is 4.65. The van der Waals surface area contributed by atoms with Crippen molar-refractivity contribution in [3.05, 3.63) is 36.1 Å². The first-order chi connectivity index (χ1) is 10.6. The van der Waals surface area contributed by atoms with E-state index in [4.69, 9.17) is 4.42 Å². The number of fused-ring (bicyclic) bond motifs is 1. The number of rotatable bonds is 3. The first-order valence-electron chi connectivity index (χ1n) is 8.12. The minimum atomic E-state index is 0.130. The van der Waals surface area contributed by atoms with E-state index in [1.807, 2.05) is 29.2 Å². The molecular formula is C18H24N2O2. The molecule has 3 rings (SSSR count). The summed E-state index contributed by atoms with van der Waals surface area (Å²) in [6.07, 6.45) is 2.73. The van der Waals surface area contributed by atoms with Gasteiger partial charge in [0.15, 0.2) is 0 Å². The lowest BCUT2D eigenvalue weighted by atomic mass is 10.1. The number of hydrogen-bond donors (Lipinski definition) is 0. The summed E-state index contributed by atoms with van der Waals surface area (Å²) in [4.78, 5) is 17.3. The van der Waals surface area contributed by atoms with Gasteiger partial charge < -0.3 is 9.32 Å². The molecule has 4 nitrogen and oxygen atoms in total. The molecule has 0 aliphatic carbocycles. The van der Waals surface area contributed by atoms with Gasteiger partial charge in [-0.1, -0.05) is 6.92 Å². The molecule has 2 heterocycles. The highest BCUT2D eigenvalue weighted by Gasteiger charge is 2.30. The van der Waals surface area contributed by atoms with E-state index in [1.165, 1.54) is 0 Å². The van der Waals surface area contributed by atoms with Gasteiger partial charge >= 0.3 is 0 Å². The molecule has 118 valence electrons. The molecule has 1 amide bonds. The molecule has 1 atom stereocenters. The van der Waals surface area contributed by atoms with Crippen molar-refractivity contribution in [1.29, 1.82) is 0 Å². The molecule has 0 unspecified atom stereocenters. The standard InChI is InChI=1S/C18H24N2O2/c1-4-16-12-19(8-9-20(16)13(2)3)18(21)15-5-6-17-14(11-15)7-10-22-17/h5-7,10-11,13,16H,4,8-9,12H2,1-3H3/t16-/m1/s1. The van der Waals surface area contributed by atoms with Crippen molar-refractivity contribution in [2.24, 2.45) is 0 Å². The molecule has 1 fully saturated rings. The molecule has 1 aliphatic heterocycles. The summed E-state index contributed by atoms with van der Waals surface area (Å²) in [5.41, 5.74) is 1.58. The van der Waals surface area contributed by atoms with Gasteiger partial charge in [-0.05, 0) is 44.5 Å². The fourth-order valence-electron chi connectivity index (χ4n) is 3.38. The zero-order chi connectivity index (χ0) is 15.7. The van der Waals surface area contributed by atoms with Crippen LogP contribution in [0.2, 0.25) is 0 Å². The van der Waals surface area contributed by atoms with Crippen LogP contribution in [0.15, 0.2) is 34.9 Å². The van der Waals surface area contributed by atoms with Gasteiger partial charge in [0, 0.05) is 42.7 Å². The van der Waals surface area contributed by atoms with Crippen LogP contribution in [0.25, 0.3) is 11.0 Å². The Morgan fingerprint density at radius 1 is 1.32 bits per heavy atom. The minimum Gasteiger partial charge on any atom is -0.464 e. The Bertz CT molecular complexity index is 662. The monoisotopic (exact) mass is 300 g/mol. The summed E-state index contributed by atoms with van der Waals surface area (Å²) in [6, 6.07) is 8.56. The Morgan fingerprint density at radius 2 is 2.14 bits per heavy atom. The van der Waals surface area contributed by atoms with E-state index in [1.54, 1.807) is 6.26 Å². The third kappa shape index (κ3) is 2.75. The van der Waals surface area contributed by atoms with Gasteiger partial charge in [-0.2, -0.15) is 0 Å². The van der Waals surface area contributed by atoms with Crippen molar-refractivity contribution in [1.82, 2.24) is 9.80 Å². The summed E-state index contributed by atoms with van der Waals surface area (Å²) in [5, 5.41) is 0.985. The van der Waals surface area contributed by atoms with E-state index in [-0.39, 0.29) is 5.91 Å². The van der Waals surface area contributed by atoms with Gasteiger partial charge in [-0.25, -0.2) is 0 Å². The predicted octanol–water partition coefficient (Wildman–Crippen LogP) is 3.38. The van der Waals surface area contributed by atoms with Crippen LogP contribution in [-0.2, 0) is 0 Å². The predicted molar refractivity (Wildman–Crippen MR) is 88.0 cm³/mol. The SMILES string of the molecule is CC[C@@H]1CN(C(=O)c2ccc3occc3c2)CCN1C(C)C. The van der Waals surface area contributed by atoms with Crippen LogP contribution >= 0.6 is 0 Å². The van der Waals surface area contributed by atoms with Gasteiger partial charge in [-0.15, -0.1) is 0 Å². The molecule has 1 aromatic carbocycles. The average molecular weight is 300 g/mol. The van der Waals surface area contributed by atoms with Crippen molar-refractivity contribution in [3.8, 4) is 0 Å². The van der Waals surface area contributed by atoms with E-state index < -0.39 is 0 Å². The summed E-state index contributed by atoms with van der Waals surface area (Å²) in [7, 11) is 0.